The molecule has 1 aliphatic heterocycles. The van der Waals surface area contributed by atoms with Crippen molar-refractivity contribution in [2.24, 2.45) is 0 Å². The molecule has 0 saturated carbocycles. The van der Waals surface area contributed by atoms with E-state index < -0.39 is 0 Å². The molecule has 0 spiro atoms. The van der Waals surface area contributed by atoms with Crippen LogP contribution in [0, 0.1) is 3.57 Å². The second kappa shape index (κ2) is 7.31. The van der Waals surface area contributed by atoms with Gasteiger partial charge in [0, 0.05) is 32.2 Å². The normalized spacial score (nSPS) is 20.9. The molecule has 2 rings (SSSR count). The second-order valence-electron chi connectivity index (χ2n) is 4.72. The summed E-state index contributed by atoms with van der Waals surface area (Å²) >= 11 is 2.31. The van der Waals surface area contributed by atoms with E-state index in [2.05, 4.69) is 45.8 Å². The van der Waals surface area contributed by atoms with E-state index in [4.69, 9.17) is 4.74 Å². The number of ether oxygens (including phenoxy) is 1. The van der Waals surface area contributed by atoms with Gasteiger partial charge in [0.15, 0.2) is 0 Å². The van der Waals surface area contributed by atoms with Gasteiger partial charge < -0.3 is 10.1 Å². The Kier molecular flexibility index (Phi) is 5.72. The van der Waals surface area contributed by atoms with Crippen molar-refractivity contribution in [1.82, 2.24) is 10.2 Å². The Labute approximate surface area is 123 Å². The highest BCUT2D eigenvalue weighted by Crippen LogP contribution is 2.19. The van der Waals surface area contributed by atoms with Gasteiger partial charge >= 0.3 is 0 Å². The minimum absolute atomic E-state index is 0.649. The van der Waals surface area contributed by atoms with E-state index in [9.17, 15) is 0 Å². The molecular weight excluding hydrogens is 339 g/mol. The highest BCUT2D eigenvalue weighted by atomic mass is 127. The number of nitrogens with zero attached hydrogens (tertiary/aromatic N) is 1. The molecule has 3 nitrogen and oxygen atoms in total. The number of nitrogens with one attached hydrogen (secondary N) is 1. The van der Waals surface area contributed by atoms with Crippen molar-refractivity contribution in [2.75, 3.05) is 32.8 Å². The van der Waals surface area contributed by atoms with Crippen LogP contribution in [-0.4, -0.2) is 43.7 Å². The van der Waals surface area contributed by atoms with Crippen molar-refractivity contribution in [2.45, 2.75) is 19.4 Å². The third kappa shape index (κ3) is 4.10. The fourth-order valence-corrected chi connectivity index (χ4v) is 2.77. The van der Waals surface area contributed by atoms with Gasteiger partial charge in [0.1, 0.15) is 5.75 Å². The summed E-state index contributed by atoms with van der Waals surface area (Å²) < 4.78 is 7.00. The SMILES string of the molecule is C[C@H]1CNCCN1CCCOc1ccccc1I. The Hall–Kier alpha value is -0.330. The summed E-state index contributed by atoms with van der Waals surface area (Å²) in [5.41, 5.74) is 0. The topological polar surface area (TPSA) is 24.5 Å². The van der Waals surface area contributed by atoms with E-state index in [1.54, 1.807) is 0 Å². The van der Waals surface area contributed by atoms with Crippen LogP contribution in [0.4, 0.5) is 0 Å². The lowest BCUT2D eigenvalue weighted by atomic mass is 10.2. The first-order valence-electron chi connectivity index (χ1n) is 6.59. The summed E-state index contributed by atoms with van der Waals surface area (Å²) in [4.78, 5) is 2.54. The lowest BCUT2D eigenvalue weighted by molar-refractivity contribution is 0.160. The summed E-state index contributed by atoms with van der Waals surface area (Å²) in [5, 5.41) is 3.41. The van der Waals surface area contributed by atoms with Crippen LogP contribution in [0.3, 0.4) is 0 Å². The summed E-state index contributed by atoms with van der Waals surface area (Å²) in [5.74, 6) is 1.01. The summed E-state index contributed by atoms with van der Waals surface area (Å²) in [7, 11) is 0. The average molecular weight is 360 g/mol. The average Bonchev–Trinajstić information content (AvgIpc) is 2.38. The van der Waals surface area contributed by atoms with Crippen LogP contribution < -0.4 is 10.1 Å². The van der Waals surface area contributed by atoms with Crippen LogP contribution >= 0.6 is 22.6 Å². The largest absolute Gasteiger partial charge is 0.492 e. The van der Waals surface area contributed by atoms with E-state index in [1.807, 2.05) is 18.2 Å². The molecule has 100 valence electrons. The van der Waals surface area contributed by atoms with Gasteiger partial charge in [-0.05, 0) is 48.1 Å². The molecule has 0 bridgehead atoms. The molecule has 0 radical (unpaired) electrons. The second-order valence-corrected chi connectivity index (χ2v) is 5.88. The lowest BCUT2D eigenvalue weighted by Crippen LogP contribution is -2.50. The Bertz CT molecular complexity index is 373. The molecule has 1 aliphatic rings. The maximum absolute atomic E-state index is 5.81. The number of hydrogen-bond acceptors (Lipinski definition) is 3. The zero-order valence-corrected chi connectivity index (χ0v) is 13.0. The molecule has 0 unspecified atom stereocenters. The van der Waals surface area contributed by atoms with Gasteiger partial charge in [-0.15, -0.1) is 0 Å². The summed E-state index contributed by atoms with van der Waals surface area (Å²) in [6.07, 6.45) is 1.09. The molecule has 1 atom stereocenters. The molecule has 1 N–H and O–H groups in total. The smallest absolute Gasteiger partial charge is 0.132 e. The van der Waals surface area contributed by atoms with Gasteiger partial charge in [-0.2, -0.15) is 0 Å². The van der Waals surface area contributed by atoms with Crippen LogP contribution in [0.2, 0.25) is 0 Å². The fraction of sp³-hybridized carbons (Fsp3) is 0.571. The van der Waals surface area contributed by atoms with Crippen LogP contribution in [0.5, 0.6) is 5.75 Å². The minimum Gasteiger partial charge on any atom is -0.492 e. The molecule has 0 aromatic heterocycles. The van der Waals surface area contributed by atoms with Crippen molar-refractivity contribution in [3.05, 3.63) is 27.8 Å². The lowest BCUT2D eigenvalue weighted by Gasteiger charge is -2.33. The highest BCUT2D eigenvalue weighted by Gasteiger charge is 2.16. The van der Waals surface area contributed by atoms with Gasteiger partial charge in [0.2, 0.25) is 0 Å². The van der Waals surface area contributed by atoms with Crippen molar-refractivity contribution < 1.29 is 4.74 Å². The van der Waals surface area contributed by atoms with Crippen molar-refractivity contribution in [3.63, 3.8) is 0 Å². The molecule has 1 aromatic carbocycles. The van der Waals surface area contributed by atoms with E-state index in [1.165, 1.54) is 3.57 Å². The van der Waals surface area contributed by atoms with E-state index in [0.717, 1.165) is 45.0 Å². The maximum Gasteiger partial charge on any atom is 0.132 e. The van der Waals surface area contributed by atoms with Crippen LogP contribution in [0.25, 0.3) is 0 Å². The molecule has 0 aliphatic carbocycles. The first kappa shape index (κ1) is 14.1. The van der Waals surface area contributed by atoms with Gasteiger partial charge in [0.25, 0.3) is 0 Å². The number of para-hydroxylation sites is 1. The van der Waals surface area contributed by atoms with E-state index in [-0.39, 0.29) is 0 Å². The standard InChI is InChI=1S/C14H21IN2O/c1-12-11-16-7-9-17(12)8-4-10-18-14-6-3-2-5-13(14)15/h2-3,5-6,12,16H,4,7-11H2,1H3/t12-/m0/s1. The van der Waals surface area contributed by atoms with Crippen LogP contribution in [-0.2, 0) is 0 Å². The molecule has 4 heteroatoms. The number of halogens is 1. The third-order valence-corrected chi connectivity index (χ3v) is 4.21. The Morgan fingerprint density at radius 2 is 2.28 bits per heavy atom. The zero-order chi connectivity index (χ0) is 12.8. The van der Waals surface area contributed by atoms with Crippen molar-refractivity contribution in [3.8, 4) is 5.75 Å². The molecule has 18 heavy (non-hydrogen) atoms. The number of benzene rings is 1. The Balaban J connectivity index is 1.68. The number of rotatable bonds is 5. The molecule has 1 aromatic rings. The Morgan fingerprint density at radius 3 is 3.06 bits per heavy atom. The molecular formula is C14H21IN2O. The van der Waals surface area contributed by atoms with E-state index >= 15 is 0 Å². The molecule has 0 amide bonds. The van der Waals surface area contributed by atoms with Crippen LogP contribution in [0.1, 0.15) is 13.3 Å². The Morgan fingerprint density at radius 1 is 1.44 bits per heavy atom. The predicted molar refractivity (Wildman–Crippen MR) is 83.2 cm³/mol. The van der Waals surface area contributed by atoms with Gasteiger partial charge in [-0.3, -0.25) is 4.90 Å². The summed E-state index contributed by atoms with van der Waals surface area (Å²) in [6.45, 7) is 7.60. The fourth-order valence-electron chi connectivity index (χ4n) is 2.23. The van der Waals surface area contributed by atoms with Crippen LogP contribution in [0.15, 0.2) is 24.3 Å². The van der Waals surface area contributed by atoms with E-state index in [0.29, 0.717) is 6.04 Å². The van der Waals surface area contributed by atoms with Gasteiger partial charge in [-0.1, -0.05) is 12.1 Å². The highest BCUT2D eigenvalue weighted by molar-refractivity contribution is 14.1. The minimum atomic E-state index is 0.649. The van der Waals surface area contributed by atoms with Crippen molar-refractivity contribution in [1.29, 1.82) is 0 Å². The molecule has 1 saturated heterocycles. The molecule has 1 fully saturated rings. The first-order valence-corrected chi connectivity index (χ1v) is 7.67. The van der Waals surface area contributed by atoms with Gasteiger partial charge in [-0.25, -0.2) is 0 Å². The summed E-state index contributed by atoms with van der Waals surface area (Å²) in [6, 6.07) is 8.83. The van der Waals surface area contributed by atoms with Crippen molar-refractivity contribution >= 4 is 22.6 Å². The number of hydrogen-bond donors (Lipinski definition) is 1. The zero-order valence-electron chi connectivity index (χ0n) is 10.9. The maximum atomic E-state index is 5.81. The molecule has 1 heterocycles. The monoisotopic (exact) mass is 360 g/mol. The van der Waals surface area contributed by atoms with Gasteiger partial charge in [0.05, 0.1) is 10.2 Å². The predicted octanol–water partition coefficient (Wildman–Crippen LogP) is 2.35. The third-order valence-electron chi connectivity index (χ3n) is 3.32. The number of piperazine rings is 1. The quantitative estimate of drug-likeness (QED) is 0.645. The first-order chi connectivity index (χ1) is 8.77.